The third-order valence-corrected chi connectivity index (χ3v) is 3.54. The molecule has 2 atom stereocenters. The summed E-state index contributed by atoms with van der Waals surface area (Å²) in [5.41, 5.74) is 0. The van der Waals surface area contributed by atoms with Gasteiger partial charge in [0.05, 0.1) is 13.7 Å². The Morgan fingerprint density at radius 3 is 2.13 bits per heavy atom. The molecule has 0 heterocycles. The van der Waals surface area contributed by atoms with Crippen molar-refractivity contribution in [2.24, 2.45) is 10.9 Å². The lowest BCUT2D eigenvalue weighted by molar-refractivity contribution is 0.223. The summed E-state index contributed by atoms with van der Waals surface area (Å²) in [5.74, 6) is 3.00. The molecule has 0 saturated carbocycles. The molecule has 0 aliphatic carbocycles. The number of hydrogen-bond acceptors (Lipinski definition) is 3. The largest absolute Gasteiger partial charge is 0.497 e. The Labute approximate surface area is 157 Å². The topological polar surface area (TPSA) is 54.9 Å². The van der Waals surface area contributed by atoms with Crippen LogP contribution in [0.2, 0.25) is 0 Å². The highest BCUT2D eigenvalue weighted by molar-refractivity contribution is 14.0. The van der Waals surface area contributed by atoms with Crippen LogP contribution in [0.1, 0.15) is 27.7 Å². The average molecular weight is 435 g/mol. The van der Waals surface area contributed by atoms with E-state index in [4.69, 9.17) is 9.47 Å². The van der Waals surface area contributed by atoms with Crippen LogP contribution in [0.5, 0.6) is 11.5 Å². The lowest BCUT2D eigenvalue weighted by Crippen LogP contribution is -2.46. The quantitative estimate of drug-likeness (QED) is 0.392. The number of benzene rings is 1. The third kappa shape index (κ3) is 8.29. The fourth-order valence-electron chi connectivity index (χ4n) is 1.75. The van der Waals surface area contributed by atoms with Crippen LogP contribution in [0.3, 0.4) is 0 Å². The smallest absolute Gasteiger partial charge is 0.191 e. The number of ether oxygens (including phenoxy) is 2. The summed E-state index contributed by atoms with van der Waals surface area (Å²) in [6.07, 6.45) is 0.0290. The highest BCUT2D eigenvalue weighted by atomic mass is 127. The zero-order chi connectivity index (χ0) is 16.5. The monoisotopic (exact) mass is 435 g/mol. The molecule has 6 heteroatoms. The fourth-order valence-corrected chi connectivity index (χ4v) is 1.75. The molecule has 0 aliphatic rings. The minimum absolute atomic E-state index is 0. The van der Waals surface area contributed by atoms with Crippen molar-refractivity contribution in [3.8, 4) is 11.5 Å². The van der Waals surface area contributed by atoms with Crippen LogP contribution >= 0.6 is 24.0 Å². The summed E-state index contributed by atoms with van der Waals surface area (Å²) in [7, 11) is 3.43. The molecule has 23 heavy (non-hydrogen) atoms. The van der Waals surface area contributed by atoms with Crippen LogP contribution in [0.4, 0.5) is 0 Å². The van der Waals surface area contributed by atoms with E-state index in [9.17, 15) is 0 Å². The number of guanidine groups is 1. The van der Waals surface area contributed by atoms with Gasteiger partial charge in [-0.15, -0.1) is 24.0 Å². The normalized spacial score (nSPS) is 13.8. The van der Waals surface area contributed by atoms with Crippen molar-refractivity contribution >= 4 is 29.9 Å². The standard InChI is InChI=1S/C17H29N3O2.HI/c1-12(2)14(4)20-17(18-5)19-11-13(3)22-16-9-7-15(21-6)8-10-16;/h7-10,12-14H,11H2,1-6H3,(H2,18,19,20);1H. The second-order valence-electron chi connectivity index (χ2n) is 5.73. The predicted octanol–water partition coefficient (Wildman–Crippen LogP) is 3.29. The van der Waals surface area contributed by atoms with E-state index in [0.717, 1.165) is 17.5 Å². The van der Waals surface area contributed by atoms with Crippen molar-refractivity contribution in [3.63, 3.8) is 0 Å². The van der Waals surface area contributed by atoms with Crippen molar-refractivity contribution in [3.05, 3.63) is 24.3 Å². The molecule has 1 aromatic carbocycles. The van der Waals surface area contributed by atoms with Gasteiger partial charge >= 0.3 is 0 Å². The van der Waals surface area contributed by atoms with E-state index in [1.165, 1.54) is 0 Å². The van der Waals surface area contributed by atoms with Gasteiger partial charge < -0.3 is 20.1 Å². The van der Waals surface area contributed by atoms with E-state index in [2.05, 4.69) is 36.4 Å². The minimum Gasteiger partial charge on any atom is -0.497 e. The van der Waals surface area contributed by atoms with E-state index >= 15 is 0 Å². The van der Waals surface area contributed by atoms with Gasteiger partial charge in [-0.25, -0.2) is 0 Å². The van der Waals surface area contributed by atoms with Gasteiger partial charge in [0.25, 0.3) is 0 Å². The molecule has 0 aromatic heterocycles. The van der Waals surface area contributed by atoms with Crippen molar-refractivity contribution in [1.82, 2.24) is 10.6 Å². The molecule has 2 unspecified atom stereocenters. The Bertz CT molecular complexity index is 463. The molecule has 1 aromatic rings. The van der Waals surface area contributed by atoms with Gasteiger partial charge in [-0.2, -0.15) is 0 Å². The summed E-state index contributed by atoms with van der Waals surface area (Å²) in [5, 5.41) is 6.65. The maximum atomic E-state index is 5.86. The SMILES string of the molecule is CN=C(NCC(C)Oc1ccc(OC)cc1)NC(C)C(C)C.I. The maximum Gasteiger partial charge on any atom is 0.191 e. The third-order valence-electron chi connectivity index (χ3n) is 3.54. The lowest BCUT2D eigenvalue weighted by Gasteiger charge is -2.22. The Kier molecular flexibility index (Phi) is 10.8. The Morgan fingerprint density at radius 1 is 1.09 bits per heavy atom. The van der Waals surface area contributed by atoms with Crippen molar-refractivity contribution in [2.75, 3.05) is 20.7 Å². The van der Waals surface area contributed by atoms with E-state index in [0.29, 0.717) is 18.5 Å². The zero-order valence-corrected chi connectivity index (χ0v) is 17.3. The van der Waals surface area contributed by atoms with Crippen molar-refractivity contribution in [2.45, 2.75) is 39.8 Å². The van der Waals surface area contributed by atoms with Gasteiger partial charge in [-0.1, -0.05) is 13.8 Å². The Morgan fingerprint density at radius 2 is 1.65 bits per heavy atom. The number of rotatable bonds is 7. The molecule has 2 N–H and O–H groups in total. The molecule has 0 spiro atoms. The van der Waals surface area contributed by atoms with Gasteiger partial charge in [0.2, 0.25) is 0 Å². The first-order chi connectivity index (χ1) is 10.5. The second-order valence-corrected chi connectivity index (χ2v) is 5.73. The predicted molar refractivity (Wildman–Crippen MR) is 107 cm³/mol. The highest BCUT2D eigenvalue weighted by Gasteiger charge is 2.10. The number of hydrogen-bond donors (Lipinski definition) is 2. The highest BCUT2D eigenvalue weighted by Crippen LogP contribution is 2.17. The van der Waals surface area contributed by atoms with Gasteiger partial charge in [0.1, 0.15) is 17.6 Å². The van der Waals surface area contributed by atoms with Crippen LogP contribution in [-0.2, 0) is 0 Å². The molecular weight excluding hydrogens is 405 g/mol. The molecule has 0 aliphatic heterocycles. The van der Waals surface area contributed by atoms with Crippen molar-refractivity contribution in [1.29, 1.82) is 0 Å². The maximum absolute atomic E-state index is 5.86. The molecular formula is C17H30IN3O2. The first-order valence-corrected chi connectivity index (χ1v) is 7.74. The van der Waals surface area contributed by atoms with Gasteiger partial charge in [0, 0.05) is 13.1 Å². The number of aliphatic imine (C=N–C) groups is 1. The molecule has 0 radical (unpaired) electrons. The Balaban J connectivity index is 0.00000484. The first-order valence-electron chi connectivity index (χ1n) is 7.74. The summed E-state index contributed by atoms with van der Waals surface area (Å²) < 4.78 is 11.0. The van der Waals surface area contributed by atoms with Gasteiger partial charge in [-0.3, -0.25) is 4.99 Å². The molecule has 0 bridgehead atoms. The molecule has 0 fully saturated rings. The lowest BCUT2D eigenvalue weighted by atomic mass is 10.1. The van der Waals surface area contributed by atoms with Crippen LogP contribution in [-0.4, -0.2) is 38.8 Å². The molecule has 1 rings (SSSR count). The molecule has 132 valence electrons. The number of nitrogens with one attached hydrogen (secondary N) is 2. The average Bonchev–Trinajstić information content (AvgIpc) is 2.51. The van der Waals surface area contributed by atoms with Crippen molar-refractivity contribution < 1.29 is 9.47 Å². The van der Waals surface area contributed by atoms with E-state index in [1.54, 1.807) is 14.2 Å². The summed E-state index contributed by atoms with van der Waals surface area (Å²) in [6, 6.07) is 7.96. The summed E-state index contributed by atoms with van der Waals surface area (Å²) in [6.45, 7) is 9.21. The van der Waals surface area contributed by atoms with Crippen LogP contribution in [0.15, 0.2) is 29.3 Å². The fraction of sp³-hybridized carbons (Fsp3) is 0.588. The summed E-state index contributed by atoms with van der Waals surface area (Å²) >= 11 is 0. The van der Waals surface area contributed by atoms with Crippen LogP contribution in [0, 0.1) is 5.92 Å². The number of halogens is 1. The Hall–Kier alpha value is -1.18. The number of nitrogens with zero attached hydrogens (tertiary/aromatic N) is 1. The van der Waals surface area contributed by atoms with Gasteiger partial charge in [0.15, 0.2) is 5.96 Å². The zero-order valence-electron chi connectivity index (χ0n) is 14.9. The molecule has 0 saturated heterocycles. The molecule has 0 amide bonds. The van der Waals surface area contributed by atoms with Crippen LogP contribution in [0.25, 0.3) is 0 Å². The minimum atomic E-state index is 0. The second kappa shape index (κ2) is 11.4. The van der Waals surface area contributed by atoms with E-state index in [1.807, 2.05) is 31.2 Å². The van der Waals surface area contributed by atoms with Crippen LogP contribution < -0.4 is 20.1 Å². The van der Waals surface area contributed by atoms with E-state index < -0.39 is 0 Å². The summed E-state index contributed by atoms with van der Waals surface area (Å²) in [4.78, 5) is 4.23. The van der Waals surface area contributed by atoms with E-state index in [-0.39, 0.29) is 30.1 Å². The van der Waals surface area contributed by atoms with Gasteiger partial charge in [-0.05, 0) is 44.0 Å². The number of methoxy groups -OCH3 is 1. The first kappa shape index (κ1) is 21.8. The molecule has 5 nitrogen and oxygen atoms in total.